The van der Waals surface area contributed by atoms with E-state index in [0.29, 0.717) is 22.2 Å². The van der Waals surface area contributed by atoms with Crippen molar-refractivity contribution in [3.63, 3.8) is 0 Å². The van der Waals surface area contributed by atoms with Crippen LogP contribution in [0.1, 0.15) is 43.7 Å². The maximum absolute atomic E-state index is 13.2. The van der Waals surface area contributed by atoms with Crippen LogP contribution >= 0.6 is 39.1 Å². The fourth-order valence-electron chi connectivity index (χ4n) is 3.69. The molecule has 1 atom stereocenters. The minimum atomic E-state index is -0.590. The zero-order valence-corrected chi connectivity index (χ0v) is 19.9. The van der Waals surface area contributed by atoms with Crippen LogP contribution in [0.4, 0.5) is 0 Å². The Balaban J connectivity index is 1.78. The Morgan fingerprint density at radius 3 is 2.43 bits per heavy atom. The van der Waals surface area contributed by atoms with Crippen LogP contribution in [0, 0.1) is 0 Å². The first-order valence-corrected chi connectivity index (χ1v) is 11.7. The average Bonchev–Trinajstić information content (AvgIpc) is 3.22. The fourth-order valence-corrected chi connectivity index (χ4v) is 4.43. The van der Waals surface area contributed by atoms with Crippen molar-refractivity contribution >= 4 is 50.9 Å². The van der Waals surface area contributed by atoms with Crippen molar-refractivity contribution in [2.75, 3.05) is 0 Å². The molecule has 0 aromatic heterocycles. The van der Waals surface area contributed by atoms with Crippen molar-refractivity contribution < 1.29 is 9.59 Å². The molecule has 1 fully saturated rings. The van der Waals surface area contributed by atoms with Gasteiger partial charge in [0, 0.05) is 27.1 Å². The van der Waals surface area contributed by atoms with E-state index < -0.39 is 6.04 Å². The number of carbonyl (C=O) groups excluding carboxylic acids is 2. The summed E-state index contributed by atoms with van der Waals surface area (Å²) in [5.41, 5.74) is 1.64. The summed E-state index contributed by atoms with van der Waals surface area (Å²) in [6.07, 6.45) is 4.37. The van der Waals surface area contributed by atoms with E-state index in [-0.39, 0.29) is 24.3 Å². The Bertz CT molecular complexity index is 899. The summed E-state index contributed by atoms with van der Waals surface area (Å²) in [7, 11) is 0. The predicted octanol–water partition coefficient (Wildman–Crippen LogP) is 5.77. The van der Waals surface area contributed by atoms with Gasteiger partial charge in [0.1, 0.15) is 6.04 Å². The van der Waals surface area contributed by atoms with E-state index in [2.05, 4.69) is 21.2 Å². The maximum atomic E-state index is 13.2. The standard InChI is InChI=1S/C23H25BrCl2N2O2/c1-15(23(30)27-20-4-2-3-5-20)28(14-16-6-9-18(24)10-7-16)22(29)12-17-8-11-19(25)13-21(17)26/h6-11,13,15,20H,2-5,12,14H2,1H3,(H,27,30)/t15-/m1/s1. The van der Waals surface area contributed by atoms with Gasteiger partial charge in [-0.25, -0.2) is 0 Å². The lowest BCUT2D eigenvalue weighted by molar-refractivity contribution is -0.140. The third kappa shape index (κ3) is 6.22. The van der Waals surface area contributed by atoms with E-state index in [0.717, 1.165) is 35.7 Å². The van der Waals surface area contributed by atoms with Gasteiger partial charge in [-0.2, -0.15) is 0 Å². The SMILES string of the molecule is C[C@H](C(=O)NC1CCCC1)N(Cc1ccc(Br)cc1)C(=O)Cc1ccc(Cl)cc1Cl. The first-order chi connectivity index (χ1) is 14.3. The molecule has 1 aliphatic carbocycles. The molecule has 2 amide bonds. The average molecular weight is 512 g/mol. The van der Waals surface area contributed by atoms with Gasteiger partial charge in [0.2, 0.25) is 11.8 Å². The van der Waals surface area contributed by atoms with Crippen molar-refractivity contribution in [2.45, 2.75) is 57.7 Å². The van der Waals surface area contributed by atoms with Crippen LogP contribution < -0.4 is 5.32 Å². The summed E-state index contributed by atoms with van der Waals surface area (Å²) in [6, 6.07) is 12.5. The zero-order chi connectivity index (χ0) is 21.7. The highest BCUT2D eigenvalue weighted by atomic mass is 79.9. The predicted molar refractivity (Wildman–Crippen MR) is 125 cm³/mol. The second-order valence-electron chi connectivity index (χ2n) is 7.73. The van der Waals surface area contributed by atoms with Gasteiger partial charge in [-0.05, 0) is 55.2 Å². The Labute approximate surface area is 196 Å². The second kappa shape index (κ2) is 10.7. The van der Waals surface area contributed by atoms with Gasteiger partial charge >= 0.3 is 0 Å². The lowest BCUT2D eigenvalue weighted by atomic mass is 10.1. The highest BCUT2D eigenvalue weighted by molar-refractivity contribution is 9.10. The Morgan fingerprint density at radius 1 is 1.13 bits per heavy atom. The van der Waals surface area contributed by atoms with Crippen molar-refractivity contribution in [2.24, 2.45) is 0 Å². The summed E-state index contributed by atoms with van der Waals surface area (Å²) in [4.78, 5) is 27.8. The Hall–Kier alpha value is -1.56. The molecule has 0 heterocycles. The van der Waals surface area contributed by atoms with E-state index in [1.54, 1.807) is 30.0 Å². The monoisotopic (exact) mass is 510 g/mol. The number of carbonyl (C=O) groups is 2. The van der Waals surface area contributed by atoms with Crippen molar-refractivity contribution in [1.29, 1.82) is 0 Å². The normalized spacial score (nSPS) is 15.1. The number of nitrogens with one attached hydrogen (secondary N) is 1. The maximum Gasteiger partial charge on any atom is 0.242 e. The van der Waals surface area contributed by atoms with Gasteiger partial charge in [0.15, 0.2) is 0 Å². The first kappa shape index (κ1) is 23.1. The van der Waals surface area contributed by atoms with Crippen molar-refractivity contribution in [3.8, 4) is 0 Å². The summed E-state index contributed by atoms with van der Waals surface area (Å²) in [5.74, 6) is -0.272. The second-order valence-corrected chi connectivity index (χ2v) is 9.49. The van der Waals surface area contributed by atoms with Crippen LogP contribution in [0.2, 0.25) is 10.0 Å². The van der Waals surface area contributed by atoms with Crippen LogP contribution in [0.5, 0.6) is 0 Å². The van der Waals surface area contributed by atoms with Crippen LogP contribution in [-0.2, 0) is 22.6 Å². The highest BCUT2D eigenvalue weighted by Gasteiger charge is 2.28. The van der Waals surface area contributed by atoms with Crippen LogP contribution in [0.3, 0.4) is 0 Å². The number of benzene rings is 2. The van der Waals surface area contributed by atoms with Crippen molar-refractivity contribution in [3.05, 3.63) is 68.1 Å². The number of rotatable bonds is 7. The van der Waals surface area contributed by atoms with Crippen LogP contribution in [-0.4, -0.2) is 28.8 Å². The minimum absolute atomic E-state index is 0.105. The van der Waals surface area contributed by atoms with Crippen LogP contribution in [0.25, 0.3) is 0 Å². The van der Waals surface area contributed by atoms with Gasteiger partial charge in [-0.1, -0.05) is 70.2 Å². The number of nitrogens with zero attached hydrogens (tertiary/aromatic N) is 1. The molecule has 4 nitrogen and oxygen atoms in total. The third-order valence-electron chi connectivity index (χ3n) is 5.49. The molecule has 2 aromatic rings. The topological polar surface area (TPSA) is 49.4 Å². The number of hydrogen-bond donors (Lipinski definition) is 1. The van der Waals surface area contributed by atoms with Gasteiger partial charge in [0.05, 0.1) is 6.42 Å². The van der Waals surface area contributed by atoms with E-state index in [1.807, 2.05) is 24.3 Å². The summed E-state index contributed by atoms with van der Waals surface area (Å²) < 4.78 is 0.962. The molecule has 160 valence electrons. The highest BCUT2D eigenvalue weighted by Crippen LogP contribution is 2.23. The number of halogens is 3. The van der Waals surface area contributed by atoms with Crippen molar-refractivity contribution in [1.82, 2.24) is 10.2 Å². The molecule has 0 spiro atoms. The molecule has 0 saturated heterocycles. The van der Waals surface area contributed by atoms with E-state index in [9.17, 15) is 9.59 Å². The third-order valence-corrected chi connectivity index (χ3v) is 6.61. The van der Waals surface area contributed by atoms with E-state index >= 15 is 0 Å². The minimum Gasteiger partial charge on any atom is -0.352 e. The Morgan fingerprint density at radius 2 is 1.80 bits per heavy atom. The molecular formula is C23H25BrCl2N2O2. The summed E-state index contributed by atoms with van der Waals surface area (Å²) in [5, 5.41) is 4.08. The molecule has 3 rings (SSSR count). The van der Waals surface area contributed by atoms with E-state index in [1.165, 1.54) is 0 Å². The summed E-state index contributed by atoms with van der Waals surface area (Å²) in [6.45, 7) is 2.13. The molecule has 7 heteroatoms. The number of hydrogen-bond acceptors (Lipinski definition) is 2. The lowest BCUT2D eigenvalue weighted by Crippen LogP contribution is -2.50. The van der Waals surface area contributed by atoms with Gasteiger partial charge < -0.3 is 10.2 Å². The number of amides is 2. The molecule has 0 unspecified atom stereocenters. The molecule has 0 radical (unpaired) electrons. The first-order valence-electron chi connectivity index (χ1n) is 10.1. The van der Waals surface area contributed by atoms with Gasteiger partial charge in [-0.15, -0.1) is 0 Å². The molecule has 1 saturated carbocycles. The van der Waals surface area contributed by atoms with E-state index in [4.69, 9.17) is 23.2 Å². The van der Waals surface area contributed by atoms with Gasteiger partial charge in [0.25, 0.3) is 0 Å². The molecule has 1 aliphatic rings. The molecule has 1 N–H and O–H groups in total. The molecule has 30 heavy (non-hydrogen) atoms. The molecule has 0 aliphatic heterocycles. The Kier molecular flexibility index (Phi) is 8.20. The largest absolute Gasteiger partial charge is 0.352 e. The zero-order valence-electron chi connectivity index (χ0n) is 16.8. The summed E-state index contributed by atoms with van der Waals surface area (Å²) >= 11 is 15.7. The molecule has 0 bridgehead atoms. The quantitative estimate of drug-likeness (QED) is 0.512. The molecular weight excluding hydrogens is 487 g/mol. The smallest absolute Gasteiger partial charge is 0.242 e. The fraction of sp³-hybridized carbons (Fsp3) is 0.391. The van der Waals surface area contributed by atoms with Gasteiger partial charge in [-0.3, -0.25) is 9.59 Å². The molecule has 2 aromatic carbocycles. The lowest BCUT2D eigenvalue weighted by Gasteiger charge is -2.30. The van der Waals surface area contributed by atoms with Crippen LogP contribution in [0.15, 0.2) is 46.9 Å².